The molecule has 2 aromatic carbocycles. The SMILES string of the molecule is CCCCCC(=O)NCC#Cc1ccc(C=O)c2c(C(=O)N(C)OSC(F)(F)F)cccc12. The van der Waals surface area contributed by atoms with Gasteiger partial charge in [0.2, 0.25) is 5.91 Å². The van der Waals surface area contributed by atoms with Crippen molar-refractivity contribution in [1.29, 1.82) is 0 Å². The zero-order valence-corrected chi connectivity index (χ0v) is 18.9. The van der Waals surface area contributed by atoms with E-state index in [1.165, 1.54) is 18.2 Å². The molecule has 176 valence electrons. The highest BCUT2D eigenvalue weighted by atomic mass is 32.2. The van der Waals surface area contributed by atoms with Gasteiger partial charge in [-0.05, 0) is 30.0 Å². The van der Waals surface area contributed by atoms with Crippen LogP contribution in [0.1, 0.15) is 58.9 Å². The average Bonchev–Trinajstić information content (AvgIpc) is 2.79. The fourth-order valence-corrected chi connectivity index (χ4v) is 3.29. The molecule has 0 radical (unpaired) electrons. The number of carbonyl (C=O) groups excluding carboxylic acids is 3. The Balaban J connectivity index is 2.28. The maximum absolute atomic E-state index is 12.7. The highest BCUT2D eigenvalue weighted by Crippen LogP contribution is 2.32. The smallest absolute Gasteiger partial charge is 0.345 e. The summed E-state index contributed by atoms with van der Waals surface area (Å²) in [7, 11) is 1.05. The third-order valence-electron chi connectivity index (χ3n) is 4.56. The van der Waals surface area contributed by atoms with Crippen LogP contribution < -0.4 is 5.32 Å². The molecule has 0 bridgehead atoms. The van der Waals surface area contributed by atoms with E-state index in [1.54, 1.807) is 12.1 Å². The topological polar surface area (TPSA) is 75.7 Å². The van der Waals surface area contributed by atoms with E-state index in [4.69, 9.17) is 0 Å². The molecule has 0 fully saturated rings. The first-order valence-electron chi connectivity index (χ1n) is 10.1. The monoisotopic (exact) mass is 480 g/mol. The minimum atomic E-state index is -4.69. The molecule has 0 aliphatic heterocycles. The number of hydroxylamine groups is 2. The number of carbonyl (C=O) groups is 3. The van der Waals surface area contributed by atoms with Gasteiger partial charge in [-0.15, -0.1) is 0 Å². The second-order valence-electron chi connectivity index (χ2n) is 6.99. The number of benzene rings is 2. The van der Waals surface area contributed by atoms with Gasteiger partial charge in [0, 0.05) is 30.0 Å². The van der Waals surface area contributed by atoms with Crippen molar-refractivity contribution < 1.29 is 31.8 Å². The van der Waals surface area contributed by atoms with Gasteiger partial charge in [-0.25, -0.2) is 5.06 Å². The van der Waals surface area contributed by atoms with Crippen molar-refractivity contribution in [3.63, 3.8) is 0 Å². The maximum atomic E-state index is 12.7. The molecular weight excluding hydrogens is 457 g/mol. The first kappa shape index (κ1) is 26.2. The number of hydrogen-bond acceptors (Lipinski definition) is 5. The number of halogens is 3. The van der Waals surface area contributed by atoms with Crippen molar-refractivity contribution in [1.82, 2.24) is 10.4 Å². The van der Waals surface area contributed by atoms with Crippen molar-refractivity contribution in [2.45, 2.75) is 38.1 Å². The standard InChI is InChI=1S/C23H23F3N2O4S/c1-3-4-5-11-20(30)27-14-7-8-16-12-13-17(15-29)21-18(16)9-6-10-19(21)22(31)28(2)32-33-23(24,25)26/h6,9-10,12-13,15H,3-5,11,14H2,1-2H3,(H,27,30). The summed E-state index contributed by atoms with van der Waals surface area (Å²) < 4.78 is 41.6. The van der Waals surface area contributed by atoms with E-state index in [2.05, 4.69) is 28.4 Å². The lowest BCUT2D eigenvalue weighted by Crippen LogP contribution is -2.26. The van der Waals surface area contributed by atoms with Gasteiger partial charge in [0.1, 0.15) is 12.0 Å². The van der Waals surface area contributed by atoms with E-state index in [9.17, 15) is 27.6 Å². The first-order chi connectivity index (χ1) is 15.7. The molecule has 0 spiro atoms. The van der Waals surface area contributed by atoms with Crippen LogP contribution in [0.2, 0.25) is 0 Å². The van der Waals surface area contributed by atoms with Crippen LogP contribution in [-0.2, 0) is 9.08 Å². The van der Waals surface area contributed by atoms with E-state index in [0.29, 0.717) is 28.7 Å². The molecule has 10 heteroatoms. The van der Waals surface area contributed by atoms with Gasteiger partial charge in [0.25, 0.3) is 5.91 Å². The lowest BCUT2D eigenvalue weighted by Gasteiger charge is -2.18. The Bertz CT molecular complexity index is 1080. The molecular formula is C23H23F3N2O4S. The summed E-state index contributed by atoms with van der Waals surface area (Å²) >= 11 is -0.816. The largest absolute Gasteiger partial charge is 0.470 e. The molecule has 2 rings (SSSR count). The Morgan fingerprint density at radius 2 is 1.97 bits per heavy atom. The van der Waals surface area contributed by atoms with E-state index in [0.717, 1.165) is 26.3 Å². The predicted molar refractivity (Wildman–Crippen MR) is 120 cm³/mol. The summed E-state index contributed by atoms with van der Waals surface area (Å²) in [6.07, 6.45) is 3.79. The molecule has 2 amide bonds. The first-order valence-corrected chi connectivity index (χ1v) is 10.9. The quantitative estimate of drug-likeness (QED) is 0.182. The van der Waals surface area contributed by atoms with Gasteiger partial charge < -0.3 is 5.32 Å². The molecule has 1 N–H and O–H groups in total. The van der Waals surface area contributed by atoms with Crippen molar-refractivity contribution >= 4 is 40.9 Å². The van der Waals surface area contributed by atoms with Crippen molar-refractivity contribution in [2.75, 3.05) is 13.6 Å². The molecule has 0 aliphatic carbocycles. The van der Waals surface area contributed by atoms with Crippen LogP contribution in [0.5, 0.6) is 0 Å². The van der Waals surface area contributed by atoms with Crippen LogP contribution in [0.4, 0.5) is 13.2 Å². The van der Waals surface area contributed by atoms with Gasteiger partial charge in [-0.2, -0.15) is 17.5 Å². The molecule has 6 nitrogen and oxygen atoms in total. The Labute approximate surface area is 194 Å². The Morgan fingerprint density at radius 1 is 1.21 bits per heavy atom. The highest BCUT2D eigenvalue weighted by Gasteiger charge is 2.32. The predicted octanol–water partition coefficient (Wildman–Crippen LogP) is 4.87. The van der Waals surface area contributed by atoms with Crippen molar-refractivity contribution in [3.8, 4) is 11.8 Å². The third-order valence-corrected chi connectivity index (χ3v) is 5.05. The van der Waals surface area contributed by atoms with Gasteiger partial charge in [-0.3, -0.25) is 14.4 Å². The second kappa shape index (κ2) is 12.3. The fourth-order valence-electron chi connectivity index (χ4n) is 3.03. The number of unbranched alkanes of at least 4 members (excludes halogenated alkanes) is 2. The second-order valence-corrected chi connectivity index (χ2v) is 7.77. The zero-order chi connectivity index (χ0) is 24.4. The minimum absolute atomic E-state index is 0.00671. The number of rotatable bonds is 9. The molecule has 0 unspecified atom stereocenters. The maximum Gasteiger partial charge on any atom is 0.470 e. The number of hydrogen-bond donors (Lipinski definition) is 1. The van der Waals surface area contributed by atoms with Crippen LogP contribution in [0.25, 0.3) is 10.8 Å². The summed E-state index contributed by atoms with van der Waals surface area (Å²) in [6, 6.07) is 7.66. The normalized spacial score (nSPS) is 10.9. The Hall–Kier alpha value is -3.03. The van der Waals surface area contributed by atoms with Gasteiger partial charge in [-0.1, -0.05) is 43.7 Å². The summed E-state index contributed by atoms with van der Waals surface area (Å²) in [5, 5.41) is 3.89. The van der Waals surface area contributed by atoms with Crippen LogP contribution in [0.3, 0.4) is 0 Å². The summed E-state index contributed by atoms with van der Waals surface area (Å²) in [4.78, 5) is 36.1. The van der Waals surface area contributed by atoms with Crippen molar-refractivity contribution in [2.24, 2.45) is 0 Å². The molecule has 2 aromatic rings. The van der Waals surface area contributed by atoms with Crippen LogP contribution in [0, 0.1) is 11.8 Å². The van der Waals surface area contributed by atoms with E-state index >= 15 is 0 Å². The third kappa shape index (κ3) is 7.80. The molecule has 0 saturated carbocycles. The van der Waals surface area contributed by atoms with Crippen LogP contribution in [0.15, 0.2) is 30.3 Å². The average molecular weight is 481 g/mol. The molecule has 0 heterocycles. The summed E-state index contributed by atoms with van der Waals surface area (Å²) in [6.45, 7) is 2.18. The number of nitrogens with one attached hydrogen (secondary N) is 1. The van der Waals surface area contributed by atoms with E-state index in [-0.39, 0.29) is 29.0 Å². The molecule has 0 aromatic heterocycles. The van der Waals surface area contributed by atoms with Crippen molar-refractivity contribution in [3.05, 3.63) is 47.0 Å². The van der Waals surface area contributed by atoms with Gasteiger partial charge >= 0.3 is 5.51 Å². The minimum Gasteiger partial charge on any atom is -0.345 e. The zero-order valence-electron chi connectivity index (χ0n) is 18.1. The molecule has 0 atom stereocenters. The number of fused-ring (bicyclic) bond motifs is 1. The van der Waals surface area contributed by atoms with E-state index in [1.807, 2.05) is 0 Å². The lowest BCUT2D eigenvalue weighted by molar-refractivity contribution is -0.120. The molecule has 0 saturated heterocycles. The number of amides is 2. The highest BCUT2D eigenvalue weighted by molar-refractivity contribution is 7.95. The van der Waals surface area contributed by atoms with Gasteiger partial charge in [0.05, 0.1) is 12.1 Å². The lowest BCUT2D eigenvalue weighted by atomic mass is 9.95. The molecule has 0 aliphatic rings. The fraction of sp³-hybridized carbons (Fsp3) is 0.348. The van der Waals surface area contributed by atoms with Gasteiger partial charge in [0.15, 0.2) is 6.29 Å². The summed E-state index contributed by atoms with van der Waals surface area (Å²) in [5.74, 6) is 4.81. The van der Waals surface area contributed by atoms with Crippen LogP contribution in [-0.4, -0.2) is 42.3 Å². The van der Waals surface area contributed by atoms with Crippen LogP contribution >= 0.6 is 12.0 Å². The number of nitrogens with zero attached hydrogens (tertiary/aromatic N) is 1. The number of alkyl halides is 3. The molecule has 33 heavy (non-hydrogen) atoms. The Morgan fingerprint density at radius 3 is 2.64 bits per heavy atom. The van der Waals surface area contributed by atoms with E-state index < -0.39 is 23.5 Å². The summed E-state index contributed by atoms with van der Waals surface area (Å²) in [5.41, 5.74) is -4.01. The Kier molecular flexibility index (Phi) is 9.75. The number of aldehydes is 1.